The standard InChI is InChI=1S/C22H27N5O2/c1-26(2)21(28)19-12-17-14-24-22(23-13-15-8-10-18(29-3)11-9-15)25-27(17)20(19)16-6-4-5-7-16/h8-12,14,16H,4-7,13H2,1-3H3,(H,23,25). The summed E-state index contributed by atoms with van der Waals surface area (Å²) in [4.78, 5) is 18.9. The van der Waals surface area contributed by atoms with Gasteiger partial charge in [0, 0.05) is 26.6 Å². The fraction of sp³-hybridized carbons (Fsp3) is 0.409. The van der Waals surface area contributed by atoms with Crippen molar-refractivity contribution in [1.82, 2.24) is 19.5 Å². The number of nitrogens with zero attached hydrogens (tertiary/aromatic N) is 4. The second kappa shape index (κ2) is 8.11. The molecule has 1 N–H and O–H groups in total. The number of carbonyl (C=O) groups excluding carboxylic acids is 1. The molecule has 7 heteroatoms. The Kier molecular flexibility index (Phi) is 5.38. The third kappa shape index (κ3) is 3.90. The molecule has 0 spiro atoms. The first-order valence-corrected chi connectivity index (χ1v) is 10.0. The molecule has 0 atom stereocenters. The largest absolute Gasteiger partial charge is 0.497 e. The van der Waals surface area contributed by atoms with E-state index in [-0.39, 0.29) is 5.91 Å². The van der Waals surface area contributed by atoms with Crippen molar-refractivity contribution in [1.29, 1.82) is 0 Å². The Morgan fingerprint density at radius 3 is 2.62 bits per heavy atom. The molecule has 2 aromatic heterocycles. The SMILES string of the molecule is COc1ccc(CNc2ncc3cc(C(=O)N(C)C)c(C4CCCC4)n3n2)cc1. The minimum absolute atomic E-state index is 0.0187. The van der Waals surface area contributed by atoms with E-state index in [1.165, 1.54) is 12.8 Å². The maximum Gasteiger partial charge on any atom is 0.255 e. The van der Waals surface area contributed by atoms with Gasteiger partial charge in [-0.15, -0.1) is 5.10 Å². The number of ether oxygens (including phenoxy) is 1. The van der Waals surface area contributed by atoms with Gasteiger partial charge in [-0.1, -0.05) is 25.0 Å². The lowest BCUT2D eigenvalue weighted by Gasteiger charge is -2.15. The van der Waals surface area contributed by atoms with Gasteiger partial charge < -0.3 is 15.0 Å². The first-order chi connectivity index (χ1) is 14.1. The minimum atomic E-state index is 0.0187. The van der Waals surface area contributed by atoms with Gasteiger partial charge >= 0.3 is 0 Å². The molecule has 1 aromatic carbocycles. The number of rotatable bonds is 6. The lowest BCUT2D eigenvalue weighted by atomic mass is 10.00. The summed E-state index contributed by atoms with van der Waals surface area (Å²) >= 11 is 0. The van der Waals surface area contributed by atoms with Gasteiger partial charge in [0.1, 0.15) is 5.75 Å². The number of hydrogen-bond acceptors (Lipinski definition) is 5. The van der Waals surface area contributed by atoms with Gasteiger partial charge in [0.2, 0.25) is 5.95 Å². The summed E-state index contributed by atoms with van der Waals surface area (Å²) in [5, 5.41) is 8.02. The van der Waals surface area contributed by atoms with Crippen LogP contribution in [0.4, 0.5) is 5.95 Å². The molecule has 1 amide bonds. The predicted molar refractivity (Wildman–Crippen MR) is 113 cm³/mol. The zero-order chi connectivity index (χ0) is 20.4. The summed E-state index contributed by atoms with van der Waals surface area (Å²) in [6, 6.07) is 9.81. The van der Waals surface area contributed by atoms with Crippen LogP contribution in [0.3, 0.4) is 0 Å². The van der Waals surface area contributed by atoms with Crippen molar-refractivity contribution in [2.24, 2.45) is 0 Å². The Bertz CT molecular complexity index is 1000. The molecule has 3 aromatic rings. The van der Waals surface area contributed by atoms with Crippen molar-refractivity contribution in [3.05, 3.63) is 53.3 Å². The molecule has 0 radical (unpaired) electrons. The first kappa shape index (κ1) is 19.2. The average Bonchev–Trinajstić information content (AvgIpc) is 3.39. The second-order valence-corrected chi connectivity index (χ2v) is 7.74. The van der Waals surface area contributed by atoms with E-state index in [1.54, 1.807) is 32.3 Å². The fourth-order valence-electron chi connectivity index (χ4n) is 4.00. The minimum Gasteiger partial charge on any atom is -0.497 e. The molecule has 7 nitrogen and oxygen atoms in total. The summed E-state index contributed by atoms with van der Waals surface area (Å²) < 4.78 is 7.11. The first-order valence-electron chi connectivity index (χ1n) is 10.0. The maximum absolute atomic E-state index is 12.8. The fourth-order valence-corrected chi connectivity index (χ4v) is 4.00. The summed E-state index contributed by atoms with van der Waals surface area (Å²) in [5.74, 6) is 1.76. The van der Waals surface area contributed by atoms with Crippen molar-refractivity contribution < 1.29 is 9.53 Å². The third-order valence-electron chi connectivity index (χ3n) is 5.54. The molecule has 29 heavy (non-hydrogen) atoms. The number of carbonyl (C=O) groups is 1. The highest BCUT2D eigenvalue weighted by Gasteiger charge is 2.28. The van der Waals surface area contributed by atoms with Crippen LogP contribution in [0.25, 0.3) is 5.52 Å². The molecular formula is C22H27N5O2. The molecule has 0 bridgehead atoms. The van der Waals surface area contributed by atoms with Gasteiger partial charge in [-0.25, -0.2) is 9.50 Å². The van der Waals surface area contributed by atoms with Gasteiger partial charge in [0.05, 0.1) is 30.1 Å². The van der Waals surface area contributed by atoms with Gasteiger partial charge in [0.25, 0.3) is 5.91 Å². The van der Waals surface area contributed by atoms with Crippen molar-refractivity contribution in [2.45, 2.75) is 38.1 Å². The van der Waals surface area contributed by atoms with Crippen LogP contribution in [0.15, 0.2) is 36.5 Å². The molecule has 0 unspecified atom stereocenters. The summed E-state index contributed by atoms with van der Waals surface area (Å²) in [6.45, 7) is 0.610. The Hall–Kier alpha value is -3.09. The van der Waals surface area contributed by atoms with E-state index >= 15 is 0 Å². The second-order valence-electron chi connectivity index (χ2n) is 7.74. The third-order valence-corrected chi connectivity index (χ3v) is 5.54. The highest BCUT2D eigenvalue weighted by atomic mass is 16.5. The lowest BCUT2D eigenvalue weighted by molar-refractivity contribution is 0.0826. The monoisotopic (exact) mass is 393 g/mol. The number of amides is 1. The zero-order valence-electron chi connectivity index (χ0n) is 17.2. The quantitative estimate of drug-likeness (QED) is 0.691. The Labute approximate surface area is 170 Å². The Balaban J connectivity index is 1.64. The van der Waals surface area contributed by atoms with Gasteiger partial charge in [-0.05, 0) is 36.6 Å². The molecule has 1 fully saturated rings. The molecule has 0 saturated heterocycles. The van der Waals surface area contributed by atoms with Crippen molar-refractivity contribution in [2.75, 3.05) is 26.5 Å². The number of hydrogen-bond donors (Lipinski definition) is 1. The Morgan fingerprint density at radius 1 is 1.24 bits per heavy atom. The highest BCUT2D eigenvalue weighted by Crippen LogP contribution is 2.37. The number of methoxy groups -OCH3 is 1. The maximum atomic E-state index is 12.8. The molecule has 4 rings (SSSR count). The Morgan fingerprint density at radius 2 is 1.97 bits per heavy atom. The number of benzene rings is 1. The van der Waals surface area contributed by atoms with Gasteiger partial charge in [-0.3, -0.25) is 4.79 Å². The number of anilines is 1. The average molecular weight is 393 g/mol. The van der Waals surface area contributed by atoms with Crippen LogP contribution < -0.4 is 10.1 Å². The summed E-state index contributed by atoms with van der Waals surface area (Å²) in [7, 11) is 5.23. The van der Waals surface area contributed by atoms with Gasteiger partial charge in [0.15, 0.2) is 0 Å². The normalized spacial score (nSPS) is 14.3. The van der Waals surface area contributed by atoms with Crippen LogP contribution in [0.2, 0.25) is 0 Å². The van der Waals surface area contributed by atoms with E-state index < -0.39 is 0 Å². The summed E-state index contributed by atoms with van der Waals surface area (Å²) in [5.41, 5.74) is 3.73. The van der Waals surface area contributed by atoms with Crippen LogP contribution in [-0.4, -0.2) is 46.6 Å². The van der Waals surface area contributed by atoms with E-state index in [1.807, 2.05) is 34.8 Å². The molecular weight excluding hydrogens is 366 g/mol. The lowest BCUT2D eigenvalue weighted by Crippen LogP contribution is -2.23. The number of aromatic nitrogens is 3. The topological polar surface area (TPSA) is 71.8 Å². The number of nitrogens with one attached hydrogen (secondary N) is 1. The van der Waals surface area contributed by atoms with E-state index in [0.717, 1.165) is 40.9 Å². The zero-order valence-corrected chi connectivity index (χ0v) is 17.2. The molecule has 0 aliphatic heterocycles. The van der Waals surface area contributed by atoms with Crippen LogP contribution in [0.5, 0.6) is 5.75 Å². The van der Waals surface area contributed by atoms with E-state index in [0.29, 0.717) is 18.4 Å². The van der Waals surface area contributed by atoms with Gasteiger partial charge in [-0.2, -0.15) is 0 Å². The molecule has 2 heterocycles. The van der Waals surface area contributed by atoms with Crippen LogP contribution in [0, 0.1) is 0 Å². The smallest absolute Gasteiger partial charge is 0.255 e. The number of fused-ring (bicyclic) bond motifs is 1. The van der Waals surface area contributed by atoms with Crippen LogP contribution >= 0.6 is 0 Å². The summed E-state index contributed by atoms with van der Waals surface area (Å²) in [6.07, 6.45) is 6.37. The van der Waals surface area contributed by atoms with Crippen LogP contribution in [0.1, 0.15) is 53.2 Å². The van der Waals surface area contributed by atoms with Crippen molar-refractivity contribution in [3.63, 3.8) is 0 Å². The molecule has 1 aliphatic carbocycles. The van der Waals surface area contributed by atoms with Crippen LogP contribution in [-0.2, 0) is 6.54 Å². The van der Waals surface area contributed by atoms with E-state index in [2.05, 4.69) is 10.3 Å². The molecule has 1 saturated carbocycles. The predicted octanol–water partition coefficient (Wildman–Crippen LogP) is 3.71. The van der Waals surface area contributed by atoms with E-state index in [9.17, 15) is 4.79 Å². The van der Waals surface area contributed by atoms with Crippen molar-refractivity contribution in [3.8, 4) is 5.75 Å². The van der Waals surface area contributed by atoms with Crippen molar-refractivity contribution >= 4 is 17.4 Å². The van der Waals surface area contributed by atoms with E-state index in [4.69, 9.17) is 9.84 Å². The highest BCUT2D eigenvalue weighted by molar-refractivity contribution is 5.97. The molecule has 152 valence electrons. The molecule has 1 aliphatic rings.